The van der Waals surface area contributed by atoms with Crippen molar-refractivity contribution in [3.63, 3.8) is 0 Å². The van der Waals surface area contributed by atoms with E-state index >= 15 is 0 Å². The maximum Gasteiger partial charge on any atom is 0.282 e. The van der Waals surface area contributed by atoms with Gasteiger partial charge in [0.15, 0.2) is 0 Å². The van der Waals surface area contributed by atoms with Gasteiger partial charge in [0.25, 0.3) is 11.8 Å². The first-order valence-corrected chi connectivity index (χ1v) is 5.88. The van der Waals surface area contributed by atoms with Crippen molar-refractivity contribution in [3.05, 3.63) is 39.9 Å². The zero-order valence-corrected chi connectivity index (χ0v) is 11.0. The molecular weight excluding hydrogens is 284 g/mol. The number of nitrogens with one attached hydrogen (secondary N) is 1. The molecule has 1 aliphatic heterocycles. The average Bonchev–Trinajstić information content (AvgIpc) is 2.54. The van der Waals surface area contributed by atoms with Crippen LogP contribution in [-0.2, 0) is 9.59 Å². The number of benzene rings is 1. The fraction of sp³-hybridized carbons (Fsp3) is 0.167. The predicted octanol–water partition coefficient (Wildman–Crippen LogP) is 2.16. The normalized spacial score (nSPS) is 15.2. The van der Waals surface area contributed by atoms with Crippen LogP contribution in [0, 0.1) is 0 Å². The Kier molecular flexibility index (Phi) is 3.02. The second kappa shape index (κ2) is 4.33. The molecule has 5 heteroatoms. The smallest absolute Gasteiger partial charge is 0.267 e. The van der Waals surface area contributed by atoms with Crippen LogP contribution in [0.25, 0.3) is 0 Å². The van der Waals surface area contributed by atoms with E-state index in [9.17, 15) is 9.59 Å². The number of carbonyl (C=O) groups excluding carboxylic acids is 2. The number of hydrogen-bond donors (Lipinski definition) is 1. The third-order valence-electron chi connectivity index (χ3n) is 2.42. The maximum atomic E-state index is 12.0. The number of halogens is 1. The van der Waals surface area contributed by atoms with Gasteiger partial charge in [-0.05, 0) is 32.0 Å². The summed E-state index contributed by atoms with van der Waals surface area (Å²) < 4.78 is 0.850. The highest BCUT2D eigenvalue weighted by atomic mass is 79.9. The molecule has 1 fully saturated rings. The molecule has 0 atom stereocenters. The zero-order valence-electron chi connectivity index (χ0n) is 9.45. The highest BCUT2D eigenvalue weighted by Crippen LogP contribution is 2.24. The van der Waals surface area contributed by atoms with Gasteiger partial charge in [-0.2, -0.15) is 0 Å². The van der Waals surface area contributed by atoms with Gasteiger partial charge < -0.3 is 0 Å². The lowest BCUT2D eigenvalue weighted by atomic mass is 10.1. The molecule has 2 rings (SSSR count). The first-order chi connectivity index (χ1) is 8.00. The van der Waals surface area contributed by atoms with E-state index < -0.39 is 0 Å². The molecule has 1 N–H and O–H groups in total. The zero-order chi connectivity index (χ0) is 12.6. The monoisotopic (exact) mass is 294 g/mol. The number of allylic oxidation sites excluding steroid dienone is 1. The molecule has 0 aromatic heterocycles. The minimum atomic E-state index is -0.352. The SMILES string of the molecule is CC(C)=C1C(=O)NN(c2cccc(Br)c2)C1=O. The van der Waals surface area contributed by atoms with Gasteiger partial charge in [-0.25, -0.2) is 5.01 Å². The number of carbonyl (C=O) groups is 2. The molecule has 2 amide bonds. The van der Waals surface area contributed by atoms with Gasteiger partial charge in [0.05, 0.1) is 5.69 Å². The summed E-state index contributed by atoms with van der Waals surface area (Å²) in [6.07, 6.45) is 0. The molecule has 0 spiro atoms. The third-order valence-corrected chi connectivity index (χ3v) is 2.92. The van der Waals surface area contributed by atoms with E-state index in [1.54, 1.807) is 32.0 Å². The summed E-state index contributed by atoms with van der Waals surface area (Å²) >= 11 is 3.33. The molecule has 88 valence electrons. The minimum Gasteiger partial charge on any atom is -0.267 e. The van der Waals surface area contributed by atoms with E-state index in [4.69, 9.17) is 0 Å². The van der Waals surface area contributed by atoms with Crippen molar-refractivity contribution in [2.24, 2.45) is 0 Å². The topological polar surface area (TPSA) is 49.4 Å². The first kappa shape index (κ1) is 11.9. The molecule has 0 unspecified atom stereocenters. The number of hydrogen-bond acceptors (Lipinski definition) is 2. The van der Waals surface area contributed by atoms with Gasteiger partial charge in [0, 0.05) is 4.47 Å². The van der Waals surface area contributed by atoms with Crippen LogP contribution in [0.2, 0.25) is 0 Å². The lowest BCUT2D eigenvalue weighted by Gasteiger charge is -2.14. The third kappa shape index (κ3) is 2.10. The van der Waals surface area contributed by atoms with Crippen molar-refractivity contribution in [2.45, 2.75) is 13.8 Å². The van der Waals surface area contributed by atoms with Gasteiger partial charge in [-0.1, -0.05) is 27.6 Å². The summed E-state index contributed by atoms with van der Waals surface area (Å²) in [5.74, 6) is -0.664. The van der Waals surface area contributed by atoms with Crippen molar-refractivity contribution >= 4 is 33.4 Å². The van der Waals surface area contributed by atoms with Crippen LogP contribution >= 0.6 is 15.9 Å². The molecule has 1 saturated heterocycles. The van der Waals surface area contributed by atoms with E-state index in [2.05, 4.69) is 21.4 Å². The maximum absolute atomic E-state index is 12.0. The van der Waals surface area contributed by atoms with Crippen LogP contribution in [0.3, 0.4) is 0 Å². The summed E-state index contributed by atoms with van der Waals surface area (Å²) in [6.45, 7) is 3.49. The van der Waals surface area contributed by atoms with Crippen LogP contribution in [0.1, 0.15) is 13.8 Å². The summed E-state index contributed by atoms with van der Waals surface area (Å²) in [6, 6.07) is 7.19. The average molecular weight is 295 g/mol. The van der Waals surface area contributed by atoms with Gasteiger partial charge in [-0.15, -0.1) is 0 Å². The molecule has 1 heterocycles. The molecule has 4 nitrogen and oxygen atoms in total. The highest BCUT2D eigenvalue weighted by Gasteiger charge is 2.35. The quantitative estimate of drug-likeness (QED) is 0.637. The lowest BCUT2D eigenvalue weighted by Crippen LogP contribution is -2.35. The van der Waals surface area contributed by atoms with E-state index in [0.717, 1.165) is 4.47 Å². The Balaban J connectivity index is 2.41. The Bertz CT molecular complexity index is 533. The molecule has 17 heavy (non-hydrogen) atoms. The molecule has 0 aliphatic carbocycles. The molecule has 1 aromatic carbocycles. The number of anilines is 1. The van der Waals surface area contributed by atoms with Crippen LogP contribution in [0.15, 0.2) is 39.9 Å². The van der Waals surface area contributed by atoms with E-state index in [1.807, 2.05) is 6.07 Å². The van der Waals surface area contributed by atoms with Gasteiger partial charge >= 0.3 is 0 Å². The Morgan fingerprint density at radius 3 is 2.53 bits per heavy atom. The standard InChI is InChI=1S/C12H11BrN2O2/c1-7(2)10-11(16)14-15(12(10)17)9-5-3-4-8(13)6-9/h3-6H,1-2H3,(H,14,16). The number of nitrogens with zero attached hydrogens (tertiary/aromatic N) is 1. The lowest BCUT2D eigenvalue weighted by molar-refractivity contribution is -0.117. The predicted molar refractivity (Wildman–Crippen MR) is 68.1 cm³/mol. The van der Waals surface area contributed by atoms with E-state index in [1.165, 1.54) is 5.01 Å². The molecular formula is C12H11BrN2O2. The summed E-state index contributed by atoms with van der Waals surface area (Å²) in [4.78, 5) is 23.7. The fourth-order valence-corrected chi connectivity index (χ4v) is 2.04. The van der Waals surface area contributed by atoms with E-state index in [0.29, 0.717) is 11.3 Å². The molecule has 0 bridgehead atoms. The Morgan fingerprint density at radius 2 is 2.00 bits per heavy atom. The Labute approximate surface area is 107 Å². The number of rotatable bonds is 1. The van der Waals surface area contributed by atoms with Crippen LogP contribution < -0.4 is 10.4 Å². The fourth-order valence-electron chi connectivity index (χ4n) is 1.66. The second-order valence-corrected chi connectivity index (χ2v) is 4.85. The largest absolute Gasteiger partial charge is 0.282 e. The van der Waals surface area contributed by atoms with Crippen molar-refractivity contribution in [3.8, 4) is 0 Å². The van der Waals surface area contributed by atoms with E-state index in [-0.39, 0.29) is 17.4 Å². The summed E-state index contributed by atoms with van der Waals surface area (Å²) in [5.41, 5.74) is 4.10. The molecule has 0 saturated carbocycles. The molecule has 0 radical (unpaired) electrons. The number of amides is 2. The second-order valence-electron chi connectivity index (χ2n) is 3.94. The van der Waals surface area contributed by atoms with Crippen LogP contribution in [-0.4, -0.2) is 11.8 Å². The van der Waals surface area contributed by atoms with Gasteiger partial charge in [0.1, 0.15) is 5.57 Å². The van der Waals surface area contributed by atoms with Gasteiger partial charge in [-0.3, -0.25) is 15.0 Å². The number of hydrazine groups is 1. The van der Waals surface area contributed by atoms with Gasteiger partial charge in [0.2, 0.25) is 0 Å². The highest BCUT2D eigenvalue weighted by molar-refractivity contribution is 9.10. The Morgan fingerprint density at radius 1 is 1.29 bits per heavy atom. The van der Waals surface area contributed by atoms with Crippen molar-refractivity contribution < 1.29 is 9.59 Å². The van der Waals surface area contributed by atoms with Crippen molar-refractivity contribution in [2.75, 3.05) is 5.01 Å². The summed E-state index contributed by atoms with van der Waals surface area (Å²) in [7, 11) is 0. The van der Waals surface area contributed by atoms with Crippen LogP contribution in [0.5, 0.6) is 0 Å². The molecule has 1 aromatic rings. The summed E-state index contributed by atoms with van der Waals surface area (Å²) in [5, 5.41) is 1.26. The van der Waals surface area contributed by atoms with Crippen molar-refractivity contribution in [1.29, 1.82) is 0 Å². The first-order valence-electron chi connectivity index (χ1n) is 5.09. The van der Waals surface area contributed by atoms with Crippen LogP contribution in [0.4, 0.5) is 5.69 Å². The van der Waals surface area contributed by atoms with Crippen molar-refractivity contribution in [1.82, 2.24) is 5.43 Å². The Hall–Kier alpha value is -1.62. The minimum absolute atomic E-state index is 0.213. The molecule has 1 aliphatic rings.